The average Bonchev–Trinajstić information content (AvgIpc) is 2.84. The highest BCUT2D eigenvalue weighted by atomic mass is 79.9. The summed E-state index contributed by atoms with van der Waals surface area (Å²) in [7, 11) is 0. The van der Waals surface area contributed by atoms with Crippen molar-refractivity contribution in [2.45, 2.75) is 20.1 Å². The maximum Gasteiger partial charge on any atom is 0.153 e. The number of aldehydes is 1. The van der Waals surface area contributed by atoms with E-state index in [1.54, 1.807) is 18.3 Å². The lowest BCUT2D eigenvalue weighted by Gasteiger charge is -2.10. The van der Waals surface area contributed by atoms with Crippen LogP contribution in [0.2, 0.25) is 0 Å². The average molecular weight is 309 g/mol. The first-order valence-electron chi connectivity index (χ1n) is 5.62. The number of hydrogen-bond donors (Lipinski definition) is 0. The first-order valence-corrected chi connectivity index (χ1v) is 6.42. The Labute approximate surface area is 114 Å². The Morgan fingerprint density at radius 3 is 3.06 bits per heavy atom. The van der Waals surface area contributed by atoms with Gasteiger partial charge in [-0.15, -0.1) is 0 Å². The quantitative estimate of drug-likeness (QED) is 0.797. The van der Waals surface area contributed by atoms with E-state index in [9.17, 15) is 4.79 Å². The molecule has 2 aromatic rings. The molecule has 2 rings (SSSR count). The van der Waals surface area contributed by atoms with Gasteiger partial charge in [-0.2, -0.15) is 0 Å². The molecule has 1 aromatic heterocycles. The molecule has 0 saturated heterocycles. The lowest BCUT2D eigenvalue weighted by Crippen LogP contribution is -2.06. The number of carbonyl (C=O) groups is 1. The molecule has 0 saturated carbocycles. The molecule has 0 spiro atoms. The number of benzene rings is 1. The second-order valence-electron chi connectivity index (χ2n) is 3.69. The number of nitrogens with zero attached hydrogens (tertiary/aromatic N) is 2. The molecule has 18 heavy (non-hydrogen) atoms. The lowest BCUT2D eigenvalue weighted by molar-refractivity contribution is 0.111. The van der Waals surface area contributed by atoms with E-state index in [0.717, 1.165) is 23.1 Å². The van der Waals surface area contributed by atoms with Gasteiger partial charge in [0.05, 0.1) is 10.0 Å². The molecular weight excluding hydrogens is 296 g/mol. The van der Waals surface area contributed by atoms with Crippen molar-refractivity contribution in [2.75, 3.05) is 0 Å². The normalized spacial score (nSPS) is 10.3. The monoisotopic (exact) mass is 308 g/mol. The zero-order chi connectivity index (χ0) is 13.0. The fourth-order valence-electron chi connectivity index (χ4n) is 1.68. The summed E-state index contributed by atoms with van der Waals surface area (Å²) >= 11 is 3.38. The Morgan fingerprint density at radius 1 is 1.50 bits per heavy atom. The smallest absolute Gasteiger partial charge is 0.153 e. The number of aryl methyl sites for hydroxylation is 1. The first kappa shape index (κ1) is 12.8. The van der Waals surface area contributed by atoms with Crippen LogP contribution in [0, 0.1) is 0 Å². The number of ether oxygens (including phenoxy) is 1. The minimum Gasteiger partial charge on any atom is -0.484 e. The molecule has 0 atom stereocenters. The van der Waals surface area contributed by atoms with Gasteiger partial charge in [0.2, 0.25) is 0 Å². The van der Waals surface area contributed by atoms with E-state index in [1.807, 2.05) is 23.8 Å². The predicted octanol–water partition coefficient (Wildman–Crippen LogP) is 3.06. The highest BCUT2D eigenvalue weighted by Gasteiger charge is 2.09. The zero-order valence-electron chi connectivity index (χ0n) is 9.97. The highest BCUT2D eigenvalue weighted by Crippen LogP contribution is 2.28. The third kappa shape index (κ3) is 2.61. The number of rotatable bonds is 5. The topological polar surface area (TPSA) is 44.1 Å². The Hall–Kier alpha value is -1.62. The van der Waals surface area contributed by atoms with E-state index in [1.165, 1.54) is 0 Å². The molecule has 0 amide bonds. The van der Waals surface area contributed by atoms with Crippen LogP contribution in [0.3, 0.4) is 0 Å². The van der Waals surface area contributed by atoms with Gasteiger partial charge in [0.15, 0.2) is 6.29 Å². The van der Waals surface area contributed by atoms with Crippen molar-refractivity contribution in [3.63, 3.8) is 0 Å². The van der Waals surface area contributed by atoms with Crippen LogP contribution >= 0.6 is 15.9 Å². The number of hydrogen-bond acceptors (Lipinski definition) is 3. The van der Waals surface area contributed by atoms with Gasteiger partial charge in [0, 0.05) is 18.9 Å². The predicted molar refractivity (Wildman–Crippen MR) is 71.8 cm³/mol. The second kappa shape index (κ2) is 5.82. The van der Waals surface area contributed by atoms with Gasteiger partial charge in [0.1, 0.15) is 18.2 Å². The number of halogens is 1. The molecule has 0 aliphatic carbocycles. The van der Waals surface area contributed by atoms with Gasteiger partial charge >= 0.3 is 0 Å². The van der Waals surface area contributed by atoms with Gasteiger partial charge in [-0.1, -0.05) is 6.07 Å². The fourth-order valence-corrected chi connectivity index (χ4v) is 2.17. The second-order valence-corrected chi connectivity index (χ2v) is 4.55. The molecule has 0 aliphatic rings. The van der Waals surface area contributed by atoms with Crippen LogP contribution < -0.4 is 4.74 Å². The van der Waals surface area contributed by atoms with Gasteiger partial charge < -0.3 is 9.30 Å². The van der Waals surface area contributed by atoms with Crippen molar-refractivity contribution in [3.05, 3.63) is 46.5 Å². The van der Waals surface area contributed by atoms with Gasteiger partial charge in [0.25, 0.3) is 0 Å². The largest absolute Gasteiger partial charge is 0.484 e. The minimum absolute atomic E-state index is 0.338. The Balaban J connectivity index is 2.18. The summed E-state index contributed by atoms with van der Waals surface area (Å²) in [6.45, 7) is 3.22. The third-order valence-corrected chi connectivity index (χ3v) is 3.24. The van der Waals surface area contributed by atoms with E-state index < -0.39 is 0 Å². The van der Waals surface area contributed by atoms with Gasteiger partial charge in [-0.05, 0) is 35.0 Å². The van der Waals surface area contributed by atoms with Crippen molar-refractivity contribution in [1.29, 1.82) is 0 Å². The van der Waals surface area contributed by atoms with Crippen LogP contribution in [-0.2, 0) is 13.2 Å². The molecule has 0 unspecified atom stereocenters. The molecule has 1 aromatic carbocycles. The minimum atomic E-state index is 0.338. The van der Waals surface area contributed by atoms with Crippen molar-refractivity contribution in [1.82, 2.24) is 9.55 Å². The summed E-state index contributed by atoms with van der Waals surface area (Å²) in [5, 5.41) is 0. The molecule has 0 fully saturated rings. The van der Waals surface area contributed by atoms with E-state index in [4.69, 9.17) is 4.74 Å². The van der Waals surface area contributed by atoms with Crippen LogP contribution in [0.5, 0.6) is 5.75 Å². The molecule has 94 valence electrons. The first-order chi connectivity index (χ1) is 8.76. The molecule has 5 heteroatoms. The summed E-state index contributed by atoms with van der Waals surface area (Å²) in [5.41, 5.74) is 0.527. The summed E-state index contributed by atoms with van der Waals surface area (Å²) in [4.78, 5) is 15.2. The molecule has 0 N–H and O–H groups in total. The Bertz CT molecular complexity index is 552. The molecule has 0 aliphatic heterocycles. The number of imidazole rings is 1. The van der Waals surface area contributed by atoms with Crippen LogP contribution in [0.1, 0.15) is 23.1 Å². The number of para-hydroxylation sites is 1. The Kier molecular flexibility index (Phi) is 4.15. The standard InChI is InChI=1S/C13H13BrN2O2/c1-2-16-7-6-15-12(16)9-18-13-10(8-17)4-3-5-11(13)14/h3-8H,2,9H2,1H3. The summed E-state index contributed by atoms with van der Waals surface area (Å²) in [6.07, 6.45) is 4.43. The number of aromatic nitrogens is 2. The maximum absolute atomic E-state index is 10.9. The third-order valence-electron chi connectivity index (χ3n) is 2.61. The number of carbonyl (C=O) groups excluding carboxylic acids is 1. The van der Waals surface area contributed by atoms with E-state index in [2.05, 4.69) is 20.9 Å². The molecule has 1 heterocycles. The molecule has 0 bridgehead atoms. The molecule has 0 radical (unpaired) electrons. The summed E-state index contributed by atoms with van der Waals surface area (Å²) < 4.78 is 8.45. The summed E-state index contributed by atoms with van der Waals surface area (Å²) in [6, 6.07) is 5.36. The van der Waals surface area contributed by atoms with Crippen LogP contribution in [0.15, 0.2) is 35.1 Å². The Morgan fingerprint density at radius 2 is 2.33 bits per heavy atom. The van der Waals surface area contributed by atoms with E-state index in [0.29, 0.717) is 17.9 Å². The molecule has 4 nitrogen and oxygen atoms in total. The van der Waals surface area contributed by atoms with Gasteiger partial charge in [-0.3, -0.25) is 4.79 Å². The summed E-state index contributed by atoms with van der Waals surface area (Å²) in [5.74, 6) is 1.39. The van der Waals surface area contributed by atoms with Crippen molar-refractivity contribution in [2.24, 2.45) is 0 Å². The maximum atomic E-state index is 10.9. The van der Waals surface area contributed by atoms with Gasteiger partial charge in [-0.25, -0.2) is 4.98 Å². The van der Waals surface area contributed by atoms with E-state index in [-0.39, 0.29) is 0 Å². The van der Waals surface area contributed by atoms with Crippen LogP contribution in [-0.4, -0.2) is 15.8 Å². The van der Waals surface area contributed by atoms with Crippen molar-refractivity contribution < 1.29 is 9.53 Å². The fraction of sp³-hybridized carbons (Fsp3) is 0.231. The highest BCUT2D eigenvalue weighted by molar-refractivity contribution is 9.10. The van der Waals surface area contributed by atoms with Crippen molar-refractivity contribution >= 4 is 22.2 Å². The van der Waals surface area contributed by atoms with Crippen molar-refractivity contribution in [3.8, 4) is 5.75 Å². The SMILES string of the molecule is CCn1ccnc1COc1c(Br)cccc1C=O. The van der Waals surface area contributed by atoms with E-state index >= 15 is 0 Å². The lowest BCUT2D eigenvalue weighted by atomic mass is 10.2. The van der Waals surface area contributed by atoms with Crippen LogP contribution in [0.25, 0.3) is 0 Å². The van der Waals surface area contributed by atoms with Crippen LogP contribution in [0.4, 0.5) is 0 Å². The molecular formula is C13H13BrN2O2. The zero-order valence-corrected chi connectivity index (χ0v) is 11.6.